The fourth-order valence-electron chi connectivity index (χ4n) is 1.21. The Kier molecular flexibility index (Phi) is 3.26. The third kappa shape index (κ3) is 2.06. The first-order valence-electron chi connectivity index (χ1n) is 4.24. The van der Waals surface area contributed by atoms with Crippen molar-refractivity contribution in [2.75, 3.05) is 13.1 Å². The van der Waals surface area contributed by atoms with Gasteiger partial charge < -0.3 is 11.5 Å². The van der Waals surface area contributed by atoms with Gasteiger partial charge in [0.1, 0.15) is 0 Å². The van der Waals surface area contributed by atoms with Crippen molar-refractivity contribution in [3.63, 3.8) is 0 Å². The lowest BCUT2D eigenvalue weighted by Gasteiger charge is -2.12. The standard InChI is InChI=1S/C10H16N2/c1-8-2-4-9(5-3-8)10(6-11)7-12/h2-5,10H,6-7,11-12H2,1H3. The second-order valence-electron chi connectivity index (χ2n) is 3.08. The Morgan fingerprint density at radius 2 is 1.58 bits per heavy atom. The molecular weight excluding hydrogens is 148 g/mol. The van der Waals surface area contributed by atoms with Crippen LogP contribution in [-0.4, -0.2) is 13.1 Å². The van der Waals surface area contributed by atoms with Crippen molar-refractivity contribution in [2.24, 2.45) is 11.5 Å². The van der Waals surface area contributed by atoms with Gasteiger partial charge in [0.25, 0.3) is 0 Å². The van der Waals surface area contributed by atoms with E-state index in [-0.39, 0.29) is 0 Å². The first-order chi connectivity index (χ1) is 5.77. The molecule has 0 radical (unpaired) electrons. The van der Waals surface area contributed by atoms with Crippen LogP contribution in [0.25, 0.3) is 0 Å². The van der Waals surface area contributed by atoms with Gasteiger partial charge in [-0.25, -0.2) is 0 Å². The molecule has 0 bridgehead atoms. The number of nitrogens with two attached hydrogens (primary N) is 2. The maximum absolute atomic E-state index is 5.57. The van der Waals surface area contributed by atoms with Crippen molar-refractivity contribution in [1.82, 2.24) is 0 Å². The summed E-state index contributed by atoms with van der Waals surface area (Å²) in [4.78, 5) is 0. The predicted octanol–water partition coefficient (Wildman–Crippen LogP) is 0.996. The summed E-state index contributed by atoms with van der Waals surface area (Å²) in [7, 11) is 0. The average Bonchev–Trinajstić information content (AvgIpc) is 2.10. The number of hydrogen-bond donors (Lipinski definition) is 2. The quantitative estimate of drug-likeness (QED) is 0.700. The molecule has 2 nitrogen and oxygen atoms in total. The normalized spacial score (nSPS) is 10.7. The van der Waals surface area contributed by atoms with Crippen molar-refractivity contribution < 1.29 is 0 Å². The SMILES string of the molecule is Cc1ccc(C(CN)CN)cc1. The minimum atomic E-state index is 0.311. The Labute approximate surface area is 73.6 Å². The zero-order valence-electron chi connectivity index (χ0n) is 7.46. The van der Waals surface area contributed by atoms with Crippen LogP contribution in [0.1, 0.15) is 17.0 Å². The molecule has 1 aromatic carbocycles. The van der Waals surface area contributed by atoms with Crippen molar-refractivity contribution >= 4 is 0 Å². The van der Waals surface area contributed by atoms with Crippen molar-refractivity contribution in [1.29, 1.82) is 0 Å². The summed E-state index contributed by atoms with van der Waals surface area (Å²) in [6.45, 7) is 3.32. The Bertz CT molecular complexity index is 224. The molecule has 0 spiro atoms. The van der Waals surface area contributed by atoms with Crippen LogP contribution in [0, 0.1) is 6.92 Å². The second kappa shape index (κ2) is 4.24. The molecular formula is C10H16N2. The van der Waals surface area contributed by atoms with Gasteiger partial charge in [-0.15, -0.1) is 0 Å². The molecule has 4 N–H and O–H groups in total. The molecule has 0 amide bonds. The van der Waals surface area contributed by atoms with E-state index >= 15 is 0 Å². The maximum atomic E-state index is 5.57. The predicted molar refractivity (Wildman–Crippen MR) is 52.0 cm³/mol. The Morgan fingerprint density at radius 3 is 2.00 bits per heavy atom. The van der Waals surface area contributed by atoms with E-state index in [1.807, 2.05) is 0 Å². The molecule has 0 heterocycles. The summed E-state index contributed by atoms with van der Waals surface area (Å²) in [6.07, 6.45) is 0. The van der Waals surface area contributed by atoms with Gasteiger partial charge in [-0.2, -0.15) is 0 Å². The van der Waals surface area contributed by atoms with Gasteiger partial charge >= 0.3 is 0 Å². The molecule has 12 heavy (non-hydrogen) atoms. The average molecular weight is 164 g/mol. The summed E-state index contributed by atoms with van der Waals surface area (Å²) in [5, 5.41) is 0. The highest BCUT2D eigenvalue weighted by atomic mass is 14.6. The molecule has 0 aliphatic heterocycles. The molecule has 0 aliphatic carbocycles. The Morgan fingerprint density at radius 1 is 1.08 bits per heavy atom. The van der Waals surface area contributed by atoms with Crippen LogP contribution in [0.5, 0.6) is 0 Å². The molecule has 0 saturated heterocycles. The fourth-order valence-corrected chi connectivity index (χ4v) is 1.21. The lowest BCUT2D eigenvalue weighted by molar-refractivity contribution is 0.708. The minimum Gasteiger partial charge on any atom is -0.330 e. The van der Waals surface area contributed by atoms with E-state index in [4.69, 9.17) is 11.5 Å². The van der Waals surface area contributed by atoms with Gasteiger partial charge in [0.15, 0.2) is 0 Å². The van der Waals surface area contributed by atoms with Crippen LogP contribution in [-0.2, 0) is 0 Å². The molecule has 1 aromatic rings. The van der Waals surface area contributed by atoms with Gasteiger partial charge in [-0.05, 0) is 12.5 Å². The number of hydrogen-bond acceptors (Lipinski definition) is 2. The third-order valence-corrected chi connectivity index (χ3v) is 2.12. The van der Waals surface area contributed by atoms with Crippen molar-refractivity contribution in [3.05, 3.63) is 35.4 Å². The monoisotopic (exact) mass is 164 g/mol. The number of rotatable bonds is 3. The van der Waals surface area contributed by atoms with Gasteiger partial charge in [0, 0.05) is 19.0 Å². The van der Waals surface area contributed by atoms with Crippen LogP contribution >= 0.6 is 0 Å². The minimum absolute atomic E-state index is 0.311. The molecule has 0 atom stereocenters. The molecule has 1 rings (SSSR count). The van der Waals surface area contributed by atoms with Crippen LogP contribution in [0.3, 0.4) is 0 Å². The maximum Gasteiger partial charge on any atom is 0.00841 e. The van der Waals surface area contributed by atoms with E-state index in [2.05, 4.69) is 31.2 Å². The molecule has 2 heteroatoms. The number of aryl methyl sites for hydroxylation is 1. The summed E-state index contributed by atoms with van der Waals surface area (Å²) in [6, 6.07) is 8.38. The molecule has 0 aliphatic rings. The fraction of sp³-hybridized carbons (Fsp3) is 0.400. The lowest BCUT2D eigenvalue weighted by atomic mass is 9.99. The first kappa shape index (κ1) is 9.23. The molecule has 0 unspecified atom stereocenters. The number of benzene rings is 1. The van der Waals surface area contributed by atoms with Gasteiger partial charge in [0.05, 0.1) is 0 Å². The summed E-state index contributed by atoms with van der Waals surface area (Å²) in [5.74, 6) is 0.311. The molecule has 66 valence electrons. The van der Waals surface area contributed by atoms with Gasteiger partial charge in [0.2, 0.25) is 0 Å². The third-order valence-electron chi connectivity index (χ3n) is 2.12. The van der Waals surface area contributed by atoms with Gasteiger partial charge in [-0.1, -0.05) is 29.8 Å². The van der Waals surface area contributed by atoms with Crippen LogP contribution in [0.2, 0.25) is 0 Å². The topological polar surface area (TPSA) is 52.0 Å². The Hall–Kier alpha value is -0.860. The molecule has 0 aromatic heterocycles. The van der Waals surface area contributed by atoms with E-state index in [0.29, 0.717) is 19.0 Å². The summed E-state index contributed by atoms with van der Waals surface area (Å²) < 4.78 is 0. The first-order valence-corrected chi connectivity index (χ1v) is 4.24. The van der Waals surface area contributed by atoms with Crippen molar-refractivity contribution in [3.8, 4) is 0 Å². The van der Waals surface area contributed by atoms with E-state index in [1.165, 1.54) is 11.1 Å². The van der Waals surface area contributed by atoms with Gasteiger partial charge in [-0.3, -0.25) is 0 Å². The summed E-state index contributed by atoms with van der Waals surface area (Å²) in [5.41, 5.74) is 13.7. The zero-order chi connectivity index (χ0) is 8.97. The zero-order valence-corrected chi connectivity index (χ0v) is 7.46. The lowest BCUT2D eigenvalue weighted by Crippen LogP contribution is -2.21. The Balaban J connectivity index is 2.80. The van der Waals surface area contributed by atoms with Crippen LogP contribution in [0.15, 0.2) is 24.3 Å². The van der Waals surface area contributed by atoms with Crippen LogP contribution in [0.4, 0.5) is 0 Å². The van der Waals surface area contributed by atoms with Crippen molar-refractivity contribution in [2.45, 2.75) is 12.8 Å². The van der Waals surface area contributed by atoms with E-state index in [0.717, 1.165) is 0 Å². The molecule has 0 fully saturated rings. The summed E-state index contributed by atoms with van der Waals surface area (Å²) >= 11 is 0. The largest absolute Gasteiger partial charge is 0.330 e. The highest BCUT2D eigenvalue weighted by molar-refractivity contribution is 5.24. The second-order valence-corrected chi connectivity index (χ2v) is 3.08. The highest BCUT2D eigenvalue weighted by Gasteiger charge is 2.05. The van der Waals surface area contributed by atoms with E-state index < -0.39 is 0 Å². The smallest absolute Gasteiger partial charge is 0.00841 e. The van der Waals surface area contributed by atoms with E-state index in [9.17, 15) is 0 Å². The van der Waals surface area contributed by atoms with Crippen LogP contribution < -0.4 is 11.5 Å². The highest BCUT2D eigenvalue weighted by Crippen LogP contribution is 2.13. The molecule has 0 saturated carbocycles. The van der Waals surface area contributed by atoms with E-state index in [1.54, 1.807) is 0 Å².